The van der Waals surface area contributed by atoms with Gasteiger partial charge in [0.2, 0.25) is 0 Å². The number of hydrogen-bond acceptors (Lipinski definition) is 3. The van der Waals surface area contributed by atoms with Crippen molar-refractivity contribution in [2.24, 2.45) is 7.05 Å². The van der Waals surface area contributed by atoms with Crippen molar-refractivity contribution in [2.75, 3.05) is 17.7 Å². The van der Waals surface area contributed by atoms with Gasteiger partial charge in [0.15, 0.2) is 5.82 Å². The van der Waals surface area contributed by atoms with E-state index in [0.29, 0.717) is 11.7 Å². The van der Waals surface area contributed by atoms with Crippen LogP contribution in [-0.4, -0.2) is 22.0 Å². The van der Waals surface area contributed by atoms with Gasteiger partial charge in [-0.3, -0.25) is 4.79 Å². The molecular weight excluding hydrogens is 214 g/mol. The Balaban J connectivity index is 2.38. The minimum Gasteiger partial charge on any atom is -0.365 e. The Labute approximate surface area is 94.3 Å². The predicted octanol–water partition coefficient (Wildman–Crippen LogP) is 1.60. The van der Waals surface area contributed by atoms with Gasteiger partial charge in [0.25, 0.3) is 5.56 Å². The number of anilines is 1. The quantitative estimate of drug-likeness (QED) is 0.596. The normalized spacial score (nSPS) is 10.3. The van der Waals surface area contributed by atoms with Crippen LogP contribution in [0.4, 0.5) is 5.82 Å². The van der Waals surface area contributed by atoms with E-state index in [1.165, 1.54) is 4.57 Å². The summed E-state index contributed by atoms with van der Waals surface area (Å²) in [7, 11) is 1.71. The molecule has 0 radical (unpaired) electrons. The molecule has 1 aromatic rings. The molecule has 0 atom stereocenters. The Morgan fingerprint density at radius 1 is 1.47 bits per heavy atom. The van der Waals surface area contributed by atoms with Gasteiger partial charge in [0, 0.05) is 31.9 Å². The molecule has 1 heterocycles. The van der Waals surface area contributed by atoms with Crippen molar-refractivity contribution in [3.05, 3.63) is 22.7 Å². The summed E-state index contributed by atoms with van der Waals surface area (Å²) in [6.07, 6.45) is 6.35. The average Bonchev–Trinajstić information content (AvgIpc) is 2.24. The van der Waals surface area contributed by atoms with Crippen LogP contribution in [-0.2, 0) is 7.05 Å². The summed E-state index contributed by atoms with van der Waals surface area (Å²) < 4.78 is 1.51. The van der Waals surface area contributed by atoms with Crippen LogP contribution in [0.15, 0.2) is 17.2 Å². The third-order valence-corrected chi connectivity index (χ3v) is 2.39. The van der Waals surface area contributed by atoms with E-state index in [1.807, 2.05) is 0 Å². The van der Waals surface area contributed by atoms with E-state index >= 15 is 0 Å². The molecule has 0 saturated heterocycles. The zero-order valence-electron chi connectivity index (χ0n) is 8.87. The molecule has 0 fully saturated rings. The standard InChI is InChI=1S/C10H16ClN3O/c1-14-8-7-13-9(10(14)15)12-6-4-2-3-5-11/h7-8H,2-6H2,1H3,(H,12,13). The van der Waals surface area contributed by atoms with E-state index in [2.05, 4.69) is 10.3 Å². The van der Waals surface area contributed by atoms with Crippen LogP contribution in [0.2, 0.25) is 0 Å². The first kappa shape index (κ1) is 12.0. The first-order valence-corrected chi connectivity index (χ1v) is 5.60. The largest absolute Gasteiger partial charge is 0.365 e. The lowest BCUT2D eigenvalue weighted by Crippen LogP contribution is -2.22. The molecule has 15 heavy (non-hydrogen) atoms. The highest BCUT2D eigenvalue weighted by Gasteiger charge is 2.00. The Bertz CT molecular complexity index is 351. The van der Waals surface area contributed by atoms with Gasteiger partial charge in [0.05, 0.1) is 0 Å². The third-order valence-electron chi connectivity index (χ3n) is 2.12. The molecule has 0 aliphatic carbocycles. The zero-order valence-corrected chi connectivity index (χ0v) is 9.63. The maximum atomic E-state index is 11.5. The lowest BCUT2D eigenvalue weighted by molar-refractivity contribution is 0.742. The molecule has 0 aliphatic heterocycles. The number of nitrogens with one attached hydrogen (secondary N) is 1. The summed E-state index contributed by atoms with van der Waals surface area (Å²) >= 11 is 5.56. The molecule has 0 bridgehead atoms. The lowest BCUT2D eigenvalue weighted by Gasteiger charge is -2.05. The van der Waals surface area contributed by atoms with Crippen LogP contribution in [0, 0.1) is 0 Å². The van der Waals surface area contributed by atoms with Crippen molar-refractivity contribution < 1.29 is 0 Å². The monoisotopic (exact) mass is 229 g/mol. The number of hydrogen-bond donors (Lipinski definition) is 1. The van der Waals surface area contributed by atoms with Gasteiger partial charge < -0.3 is 9.88 Å². The zero-order chi connectivity index (χ0) is 11.1. The Morgan fingerprint density at radius 2 is 2.27 bits per heavy atom. The van der Waals surface area contributed by atoms with Gasteiger partial charge in [-0.25, -0.2) is 4.98 Å². The van der Waals surface area contributed by atoms with Crippen LogP contribution in [0.1, 0.15) is 19.3 Å². The first-order valence-electron chi connectivity index (χ1n) is 5.07. The van der Waals surface area contributed by atoms with E-state index in [9.17, 15) is 4.79 Å². The molecule has 0 aliphatic rings. The molecule has 84 valence electrons. The number of aryl methyl sites for hydroxylation is 1. The molecule has 0 aromatic carbocycles. The second-order valence-electron chi connectivity index (χ2n) is 3.37. The molecule has 4 nitrogen and oxygen atoms in total. The van der Waals surface area contributed by atoms with Crippen molar-refractivity contribution >= 4 is 17.4 Å². The van der Waals surface area contributed by atoms with Crippen LogP contribution in [0.5, 0.6) is 0 Å². The summed E-state index contributed by atoms with van der Waals surface area (Å²) in [5.41, 5.74) is -0.0881. The van der Waals surface area contributed by atoms with E-state index in [0.717, 1.165) is 25.8 Å². The smallest absolute Gasteiger partial charge is 0.293 e. The second-order valence-corrected chi connectivity index (χ2v) is 3.75. The summed E-state index contributed by atoms with van der Waals surface area (Å²) in [6, 6.07) is 0. The maximum Gasteiger partial charge on any atom is 0.293 e. The van der Waals surface area contributed by atoms with Crippen molar-refractivity contribution in [3.63, 3.8) is 0 Å². The number of alkyl halides is 1. The Kier molecular flexibility index (Phi) is 5.18. The Morgan fingerprint density at radius 3 is 3.00 bits per heavy atom. The third kappa shape index (κ3) is 3.91. The highest BCUT2D eigenvalue weighted by molar-refractivity contribution is 6.17. The van der Waals surface area contributed by atoms with Gasteiger partial charge >= 0.3 is 0 Å². The van der Waals surface area contributed by atoms with Crippen LogP contribution in [0.3, 0.4) is 0 Å². The minimum absolute atomic E-state index is 0.0881. The van der Waals surface area contributed by atoms with E-state index in [-0.39, 0.29) is 5.56 Å². The fourth-order valence-corrected chi connectivity index (χ4v) is 1.41. The van der Waals surface area contributed by atoms with Gasteiger partial charge in [0.1, 0.15) is 0 Å². The Hall–Kier alpha value is -1.03. The summed E-state index contributed by atoms with van der Waals surface area (Å²) in [5, 5.41) is 3.03. The molecule has 1 N–H and O–H groups in total. The average molecular weight is 230 g/mol. The first-order chi connectivity index (χ1) is 7.25. The lowest BCUT2D eigenvalue weighted by atomic mass is 10.2. The van der Waals surface area contributed by atoms with Crippen molar-refractivity contribution in [2.45, 2.75) is 19.3 Å². The highest BCUT2D eigenvalue weighted by atomic mass is 35.5. The van der Waals surface area contributed by atoms with E-state index in [1.54, 1.807) is 19.4 Å². The molecule has 5 heteroatoms. The number of rotatable bonds is 6. The number of halogens is 1. The topological polar surface area (TPSA) is 46.9 Å². The minimum atomic E-state index is -0.0881. The SMILES string of the molecule is Cn1ccnc(NCCCCCCl)c1=O. The summed E-state index contributed by atoms with van der Waals surface area (Å²) in [5.74, 6) is 1.12. The van der Waals surface area contributed by atoms with Crippen molar-refractivity contribution in [1.82, 2.24) is 9.55 Å². The molecule has 0 spiro atoms. The summed E-state index contributed by atoms with van der Waals surface area (Å²) in [6.45, 7) is 0.767. The molecule has 0 amide bonds. The number of aromatic nitrogens is 2. The second kappa shape index (κ2) is 6.45. The predicted molar refractivity (Wildman–Crippen MR) is 62.5 cm³/mol. The number of nitrogens with zero attached hydrogens (tertiary/aromatic N) is 2. The molecule has 1 aromatic heterocycles. The fraction of sp³-hybridized carbons (Fsp3) is 0.600. The van der Waals surface area contributed by atoms with Gasteiger partial charge in [-0.2, -0.15) is 0 Å². The van der Waals surface area contributed by atoms with Crippen LogP contribution < -0.4 is 10.9 Å². The van der Waals surface area contributed by atoms with Crippen molar-refractivity contribution in [1.29, 1.82) is 0 Å². The van der Waals surface area contributed by atoms with E-state index < -0.39 is 0 Å². The van der Waals surface area contributed by atoms with Crippen LogP contribution >= 0.6 is 11.6 Å². The molecule has 0 unspecified atom stereocenters. The molecule has 0 saturated carbocycles. The molecular formula is C10H16ClN3O. The maximum absolute atomic E-state index is 11.5. The highest BCUT2D eigenvalue weighted by Crippen LogP contribution is 1.98. The number of unbranched alkanes of at least 4 members (excludes halogenated alkanes) is 2. The van der Waals surface area contributed by atoms with E-state index in [4.69, 9.17) is 11.6 Å². The van der Waals surface area contributed by atoms with Gasteiger partial charge in [-0.05, 0) is 12.8 Å². The van der Waals surface area contributed by atoms with Gasteiger partial charge in [-0.15, -0.1) is 11.6 Å². The van der Waals surface area contributed by atoms with Gasteiger partial charge in [-0.1, -0.05) is 6.42 Å². The van der Waals surface area contributed by atoms with Crippen LogP contribution in [0.25, 0.3) is 0 Å². The fourth-order valence-electron chi connectivity index (χ4n) is 1.22. The van der Waals surface area contributed by atoms with Crippen molar-refractivity contribution in [3.8, 4) is 0 Å². The summed E-state index contributed by atoms with van der Waals surface area (Å²) in [4.78, 5) is 15.5. The molecule has 1 rings (SSSR count).